The van der Waals surface area contributed by atoms with Crippen molar-refractivity contribution in [3.05, 3.63) is 53.6 Å². The maximum atomic E-state index is 5.95. The zero-order valence-electron chi connectivity index (χ0n) is 12.5. The Balaban J connectivity index is 1.56. The highest BCUT2D eigenvalue weighted by Gasteiger charge is 2.17. The summed E-state index contributed by atoms with van der Waals surface area (Å²) < 4.78 is 5.19. The van der Waals surface area contributed by atoms with Crippen molar-refractivity contribution in [2.75, 3.05) is 30.8 Å². The molecule has 0 aliphatic carbocycles. The minimum atomic E-state index is 0.724. The van der Waals surface area contributed by atoms with Gasteiger partial charge in [0.05, 0.1) is 12.8 Å². The van der Waals surface area contributed by atoms with Crippen molar-refractivity contribution in [3.63, 3.8) is 0 Å². The quantitative estimate of drug-likeness (QED) is 0.855. The molecule has 0 fully saturated rings. The summed E-state index contributed by atoms with van der Waals surface area (Å²) >= 11 is 0. The van der Waals surface area contributed by atoms with Gasteiger partial charge in [0.15, 0.2) is 0 Å². The average molecular weight is 282 g/mol. The predicted molar refractivity (Wildman–Crippen MR) is 88.1 cm³/mol. The zero-order valence-corrected chi connectivity index (χ0v) is 12.5. The fourth-order valence-electron chi connectivity index (χ4n) is 3.05. The van der Waals surface area contributed by atoms with E-state index in [1.807, 2.05) is 12.1 Å². The van der Waals surface area contributed by atoms with Crippen molar-refractivity contribution < 1.29 is 4.74 Å². The molecule has 1 aliphatic rings. The van der Waals surface area contributed by atoms with E-state index in [0.717, 1.165) is 37.4 Å². The molecule has 2 aromatic carbocycles. The molecule has 0 bridgehead atoms. The summed E-state index contributed by atoms with van der Waals surface area (Å²) in [6.45, 7) is 2.24. The Bertz CT molecular complexity index is 624. The Morgan fingerprint density at radius 2 is 2.05 bits per heavy atom. The number of para-hydroxylation sites is 1. The van der Waals surface area contributed by atoms with E-state index in [0.29, 0.717) is 0 Å². The summed E-state index contributed by atoms with van der Waals surface area (Å²) in [5, 5.41) is 0. The Labute approximate surface area is 126 Å². The number of nitrogen functional groups attached to an aromatic ring is 1. The highest BCUT2D eigenvalue weighted by atomic mass is 16.5. The Morgan fingerprint density at radius 3 is 2.86 bits per heavy atom. The van der Waals surface area contributed by atoms with Crippen molar-refractivity contribution in [3.8, 4) is 5.75 Å². The van der Waals surface area contributed by atoms with Gasteiger partial charge in [0.2, 0.25) is 0 Å². The van der Waals surface area contributed by atoms with Gasteiger partial charge >= 0.3 is 0 Å². The predicted octanol–water partition coefficient (Wildman–Crippen LogP) is 3.27. The lowest BCUT2D eigenvalue weighted by molar-refractivity contribution is 0.417. The van der Waals surface area contributed by atoms with Crippen LogP contribution in [0.5, 0.6) is 5.75 Å². The number of ether oxygens (including phenoxy) is 1. The number of aryl methyl sites for hydroxylation is 1. The highest BCUT2D eigenvalue weighted by Crippen LogP contribution is 2.28. The third-order valence-electron chi connectivity index (χ3n) is 4.17. The molecule has 2 aromatic rings. The molecular weight excluding hydrogens is 260 g/mol. The number of hydrogen-bond donors (Lipinski definition) is 1. The van der Waals surface area contributed by atoms with Crippen LogP contribution in [-0.2, 0) is 12.8 Å². The number of anilines is 2. The van der Waals surface area contributed by atoms with Crippen molar-refractivity contribution in [2.45, 2.75) is 19.3 Å². The monoisotopic (exact) mass is 282 g/mol. The number of hydrogen-bond acceptors (Lipinski definition) is 3. The van der Waals surface area contributed by atoms with E-state index >= 15 is 0 Å². The first kappa shape index (κ1) is 13.8. The molecule has 0 radical (unpaired) electrons. The van der Waals surface area contributed by atoms with Crippen molar-refractivity contribution in [2.24, 2.45) is 0 Å². The molecule has 0 aromatic heterocycles. The maximum Gasteiger partial charge on any atom is 0.141 e. The van der Waals surface area contributed by atoms with Gasteiger partial charge in [-0.15, -0.1) is 0 Å². The Kier molecular flexibility index (Phi) is 4.00. The van der Waals surface area contributed by atoms with E-state index in [2.05, 4.69) is 35.2 Å². The van der Waals surface area contributed by atoms with Gasteiger partial charge in [-0.25, -0.2) is 0 Å². The number of fused-ring (bicyclic) bond motifs is 1. The van der Waals surface area contributed by atoms with Crippen LogP contribution < -0.4 is 15.4 Å². The first-order valence-electron chi connectivity index (χ1n) is 7.53. The Hall–Kier alpha value is -2.16. The molecule has 1 aliphatic heterocycles. The van der Waals surface area contributed by atoms with Crippen LogP contribution in [0.4, 0.5) is 11.4 Å². The number of benzene rings is 2. The minimum absolute atomic E-state index is 0.724. The molecule has 3 rings (SSSR count). The molecule has 110 valence electrons. The van der Waals surface area contributed by atoms with Gasteiger partial charge in [-0.3, -0.25) is 0 Å². The van der Waals surface area contributed by atoms with E-state index in [1.165, 1.54) is 23.2 Å². The lowest BCUT2D eigenvalue weighted by Crippen LogP contribution is -2.22. The van der Waals surface area contributed by atoms with Crippen LogP contribution in [-0.4, -0.2) is 20.2 Å². The van der Waals surface area contributed by atoms with Crippen molar-refractivity contribution in [1.29, 1.82) is 0 Å². The first-order chi connectivity index (χ1) is 10.3. The molecule has 21 heavy (non-hydrogen) atoms. The molecule has 3 heteroatoms. The maximum absolute atomic E-state index is 5.95. The molecule has 0 spiro atoms. The summed E-state index contributed by atoms with van der Waals surface area (Å²) in [5.41, 5.74) is 10.8. The van der Waals surface area contributed by atoms with Crippen LogP contribution in [0.25, 0.3) is 0 Å². The van der Waals surface area contributed by atoms with Gasteiger partial charge in [0, 0.05) is 18.8 Å². The van der Waals surface area contributed by atoms with E-state index in [9.17, 15) is 0 Å². The lowest BCUT2D eigenvalue weighted by atomic mass is 10.1. The summed E-state index contributed by atoms with van der Waals surface area (Å²) in [6, 6.07) is 14.8. The summed E-state index contributed by atoms with van der Waals surface area (Å²) in [5.74, 6) is 0.757. The van der Waals surface area contributed by atoms with Crippen molar-refractivity contribution in [1.82, 2.24) is 0 Å². The van der Waals surface area contributed by atoms with E-state index in [-0.39, 0.29) is 0 Å². The standard InChI is InChI=1S/C18H22N2O/c1-21-18-9-8-14(13-16(18)19)5-4-11-20-12-10-15-6-2-3-7-17(15)20/h2-3,6-9,13H,4-5,10-12,19H2,1H3. The molecular formula is C18H22N2O. The topological polar surface area (TPSA) is 38.5 Å². The minimum Gasteiger partial charge on any atom is -0.495 e. The van der Waals surface area contributed by atoms with E-state index in [1.54, 1.807) is 7.11 Å². The van der Waals surface area contributed by atoms with Gasteiger partial charge < -0.3 is 15.4 Å². The fraction of sp³-hybridized carbons (Fsp3) is 0.333. The van der Waals surface area contributed by atoms with E-state index < -0.39 is 0 Å². The molecule has 1 heterocycles. The van der Waals surface area contributed by atoms with Gasteiger partial charge in [0.25, 0.3) is 0 Å². The van der Waals surface area contributed by atoms with Gasteiger partial charge in [0.1, 0.15) is 5.75 Å². The number of nitrogens with zero attached hydrogens (tertiary/aromatic N) is 1. The molecule has 0 saturated heterocycles. The van der Waals surface area contributed by atoms with Crippen LogP contribution in [0.1, 0.15) is 17.5 Å². The second kappa shape index (κ2) is 6.08. The molecule has 0 atom stereocenters. The molecule has 0 amide bonds. The normalized spacial score (nSPS) is 13.3. The highest BCUT2D eigenvalue weighted by molar-refractivity contribution is 5.58. The Morgan fingerprint density at radius 1 is 1.19 bits per heavy atom. The third-order valence-corrected chi connectivity index (χ3v) is 4.17. The van der Waals surface area contributed by atoms with E-state index in [4.69, 9.17) is 10.5 Å². The van der Waals surface area contributed by atoms with Crippen LogP contribution in [0.3, 0.4) is 0 Å². The van der Waals surface area contributed by atoms with Gasteiger partial charge in [-0.2, -0.15) is 0 Å². The smallest absolute Gasteiger partial charge is 0.141 e. The first-order valence-corrected chi connectivity index (χ1v) is 7.53. The summed E-state index contributed by atoms with van der Waals surface area (Å²) in [6.07, 6.45) is 3.36. The van der Waals surface area contributed by atoms with Gasteiger partial charge in [-0.05, 0) is 48.6 Å². The molecule has 2 N–H and O–H groups in total. The summed E-state index contributed by atoms with van der Waals surface area (Å²) in [4.78, 5) is 2.49. The molecule has 0 saturated carbocycles. The number of nitrogens with two attached hydrogens (primary N) is 1. The molecule has 0 unspecified atom stereocenters. The zero-order chi connectivity index (χ0) is 14.7. The van der Waals surface area contributed by atoms with Crippen LogP contribution in [0.15, 0.2) is 42.5 Å². The average Bonchev–Trinajstić information content (AvgIpc) is 2.91. The van der Waals surface area contributed by atoms with Crippen LogP contribution in [0, 0.1) is 0 Å². The lowest BCUT2D eigenvalue weighted by Gasteiger charge is -2.19. The third kappa shape index (κ3) is 2.97. The molecule has 3 nitrogen and oxygen atoms in total. The second-order valence-corrected chi connectivity index (χ2v) is 5.55. The second-order valence-electron chi connectivity index (χ2n) is 5.55. The summed E-state index contributed by atoms with van der Waals surface area (Å²) in [7, 11) is 1.65. The number of rotatable bonds is 5. The van der Waals surface area contributed by atoms with Crippen molar-refractivity contribution >= 4 is 11.4 Å². The van der Waals surface area contributed by atoms with Crippen LogP contribution in [0.2, 0.25) is 0 Å². The van der Waals surface area contributed by atoms with Gasteiger partial charge in [-0.1, -0.05) is 24.3 Å². The SMILES string of the molecule is COc1ccc(CCCN2CCc3ccccc32)cc1N. The fourth-order valence-corrected chi connectivity index (χ4v) is 3.05. The largest absolute Gasteiger partial charge is 0.495 e. The van der Waals surface area contributed by atoms with Crippen LogP contribution >= 0.6 is 0 Å². The number of methoxy groups -OCH3 is 1.